The Balaban J connectivity index is 1.44. The van der Waals surface area contributed by atoms with Crippen LogP contribution in [0.25, 0.3) is 0 Å². The van der Waals surface area contributed by atoms with Gasteiger partial charge in [-0.05, 0) is 68.0 Å². The molecule has 0 unspecified atom stereocenters. The number of aromatic nitrogens is 1. The van der Waals surface area contributed by atoms with Crippen LogP contribution in [0.1, 0.15) is 59.2 Å². The van der Waals surface area contributed by atoms with Crippen molar-refractivity contribution in [3.05, 3.63) is 59.9 Å². The van der Waals surface area contributed by atoms with Gasteiger partial charge in [-0.2, -0.15) is 0 Å². The van der Waals surface area contributed by atoms with E-state index in [1.165, 1.54) is 25.7 Å². The fourth-order valence-corrected chi connectivity index (χ4v) is 4.45. The van der Waals surface area contributed by atoms with Crippen LogP contribution in [0.3, 0.4) is 0 Å². The van der Waals surface area contributed by atoms with Gasteiger partial charge in [-0.15, -0.1) is 0 Å². The Morgan fingerprint density at radius 2 is 1.59 bits per heavy atom. The molecule has 2 aromatic rings. The summed E-state index contributed by atoms with van der Waals surface area (Å²) in [6, 6.07) is 11.0. The molecule has 1 N–H and O–H groups in total. The second-order valence-corrected chi connectivity index (χ2v) is 7.52. The van der Waals surface area contributed by atoms with Crippen molar-refractivity contribution in [1.82, 2.24) is 9.88 Å². The molecule has 0 bridgehead atoms. The quantitative estimate of drug-likeness (QED) is 0.892. The molecule has 2 aliphatic rings. The van der Waals surface area contributed by atoms with Crippen LogP contribution < -0.4 is 5.32 Å². The summed E-state index contributed by atoms with van der Waals surface area (Å²) in [6.45, 7) is 0.862. The number of amides is 2. The minimum atomic E-state index is -0.183. The number of likely N-dealkylation sites (tertiary alicyclic amines) is 1. The summed E-state index contributed by atoms with van der Waals surface area (Å²) in [7, 11) is 0. The largest absolute Gasteiger partial charge is 0.335 e. The molecule has 27 heavy (non-hydrogen) atoms. The van der Waals surface area contributed by atoms with E-state index in [1.54, 1.807) is 36.7 Å². The zero-order valence-corrected chi connectivity index (χ0v) is 15.4. The Morgan fingerprint density at radius 3 is 2.37 bits per heavy atom. The number of benzene rings is 1. The highest BCUT2D eigenvalue weighted by Gasteiger charge is 2.35. The zero-order valence-electron chi connectivity index (χ0n) is 15.4. The molecule has 140 valence electrons. The van der Waals surface area contributed by atoms with E-state index in [9.17, 15) is 9.59 Å². The van der Waals surface area contributed by atoms with Gasteiger partial charge in [0, 0.05) is 41.8 Å². The lowest BCUT2D eigenvalue weighted by atomic mass is 9.78. The molecule has 5 heteroatoms. The van der Waals surface area contributed by atoms with Crippen molar-refractivity contribution >= 4 is 17.5 Å². The van der Waals surface area contributed by atoms with Crippen LogP contribution in [-0.2, 0) is 0 Å². The van der Waals surface area contributed by atoms with Gasteiger partial charge in [0.15, 0.2) is 0 Å². The number of nitrogens with one attached hydrogen (secondary N) is 1. The van der Waals surface area contributed by atoms with Crippen molar-refractivity contribution in [1.29, 1.82) is 0 Å². The Hall–Kier alpha value is -2.69. The summed E-state index contributed by atoms with van der Waals surface area (Å²) in [6.07, 6.45) is 10.5. The highest BCUT2D eigenvalue weighted by atomic mass is 16.2. The molecule has 1 aromatic carbocycles. The lowest BCUT2D eigenvalue weighted by molar-refractivity contribution is 0.0390. The fourth-order valence-electron chi connectivity index (χ4n) is 4.45. The number of carbonyl (C=O) groups is 2. The summed E-state index contributed by atoms with van der Waals surface area (Å²) in [5.41, 5.74) is 1.94. The van der Waals surface area contributed by atoms with Gasteiger partial charge in [0.1, 0.15) is 0 Å². The van der Waals surface area contributed by atoms with E-state index >= 15 is 0 Å². The van der Waals surface area contributed by atoms with Crippen molar-refractivity contribution in [3.8, 4) is 0 Å². The molecule has 1 saturated heterocycles. The summed E-state index contributed by atoms with van der Waals surface area (Å²) >= 11 is 0. The number of anilines is 1. The van der Waals surface area contributed by atoms with Crippen LogP contribution in [0.15, 0.2) is 48.8 Å². The van der Waals surface area contributed by atoms with E-state index in [4.69, 9.17) is 0 Å². The van der Waals surface area contributed by atoms with E-state index in [0.29, 0.717) is 28.8 Å². The predicted molar refractivity (Wildman–Crippen MR) is 105 cm³/mol. The molecule has 1 saturated carbocycles. The van der Waals surface area contributed by atoms with Crippen LogP contribution in [0, 0.1) is 5.92 Å². The molecular weight excluding hydrogens is 338 g/mol. The predicted octanol–water partition coefficient (Wildman–Crippen LogP) is 4.13. The molecule has 5 nitrogen and oxygen atoms in total. The molecule has 2 fully saturated rings. The number of nitrogens with zero attached hydrogens (tertiary/aromatic N) is 2. The van der Waals surface area contributed by atoms with Gasteiger partial charge in [0.05, 0.1) is 0 Å². The molecule has 2 heterocycles. The van der Waals surface area contributed by atoms with Crippen LogP contribution >= 0.6 is 0 Å². The molecule has 2 amide bonds. The van der Waals surface area contributed by atoms with Crippen molar-refractivity contribution in [2.45, 2.75) is 44.6 Å². The van der Waals surface area contributed by atoms with Crippen molar-refractivity contribution in [2.75, 3.05) is 11.9 Å². The Labute approximate surface area is 159 Å². The van der Waals surface area contributed by atoms with E-state index in [-0.39, 0.29) is 11.8 Å². The van der Waals surface area contributed by atoms with E-state index in [2.05, 4.69) is 15.2 Å². The molecule has 1 aliphatic carbocycles. The lowest BCUT2D eigenvalue weighted by Crippen LogP contribution is -2.49. The summed E-state index contributed by atoms with van der Waals surface area (Å²) in [5, 5.41) is 2.86. The van der Waals surface area contributed by atoms with Crippen LogP contribution in [0.2, 0.25) is 0 Å². The maximum absolute atomic E-state index is 13.0. The van der Waals surface area contributed by atoms with Crippen molar-refractivity contribution < 1.29 is 9.59 Å². The monoisotopic (exact) mass is 363 g/mol. The second kappa shape index (κ2) is 7.91. The fraction of sp³-hybridized carbons (Fsp3) is 0.409. The van der Waals surface area contributed by atoms with E-state index in [0.717, 1.165) is 19.4 Å². The number of piperidine rings is 1. The average Bonchev–Trinajstić information content (AvgIpc) is 2.74. The molecule has 1 aliphatic heterocycles. The first-order valence-corrected chi connectivity index (χ1v) is 9.85. The number of hydrogen-bond donors (Lipinski definition) is 1. The summed E-state index contributed by atoms with van der Waals surface area (Å²) in [4.78, 5) is 31.3. The molecule has 4 rings (SSSR count). The Bertz CT molecular complexity index is 802. The number of carbonyl (C=O) groups excluding carboxylic acids is 2. The molecular formula is C22H25N3O2. The summed E-state index contributed by atoms with van der Waals surface area (Å²) < 4.78 is 0. The maximum Gasteiger partial charge on any atom is 0.255 e. The van der Waals surface area contributed by atoms with Crippen LogP contribution in [0.5, 0.6) is 0 Å². The van der Waals surface area contributed by atoms with Gasteiger partial charge >= 0.3 is 0 Å². The first kappa shape index (κ1) is 17.7. The third kappa shape index (κ3) is 3.87. The topological polar surface area (TPSA) is 62.3 Å². The second-order valence-electron chi connectivity index (χ2n) is 7.52. The number of fused-ring (bicyclic) bond motifs is 1. The lowest BCUT2D eigenvalue weighted by Gasteiger charge is -2.44. The normalized spacial score (nSPS) is 22.0. The van der Waals surface area contributed by atoms with Crippen LogP contribution in [-0.4, -0.2) is 34.3 Å². The minimum Gasteiger partial charge on any atom is -0.335 e. The van der Waals surface area contributed by atoms with E-state index < -0.39 is 0 Å². The number of rotatable bonds is 3. The maximum atomic E-state index is 13.0. The minimum absolute atomic E-state index is 0.124. The standard InChI is InChI=1S/C22H25N3O2/c26-21(17-11-13-23-14-12-17)24-19-9-7-18(8-10-19)22(27)25-15-3-5-16-4-1-2-6-20(16)25/h7-14,16,20H,1-6,15H2,(H,24,26)/t16-,20-/m0/s1. The van der Waals surface area contributed by atoms with Gasteiger partial charge in [-0.1, -0.05) is 12.8 Å². The molecule has 0 radical (unpaired) electrons. The average molecular weight is 363 g/mol. The van der Waals surface area contributed by atoms with Gasteiger partial charge in [-0.25, -0.2) is 0 Å². The van der Waals surface area contributed by atoms with Crippen molar-refractivity contribution in [2.24, 2.45) is 5.92 Å². The third-order valence-electron chi connectivity index (χ3n) is 5.84. The highest BCUT2D eigenvalue weighted by Crippen LogP contribution is 2.36. The Kier molecular flexibility index (Phi) is 5.19. The first-order valence-electron chi connectivity index (χ1n) is 9.85. The van der Waals surface area contributed by atoms with Crippen LogP contribution in [0.4, 0.5) is 5.69 Å². The molecule has 0 spiro atoms. The zero-order chi connectivity index (χ0) is 18.6. The van der Waals surface area contributed by atoms with Gasteiger partial charge in [-0.3, -0.25) is 14.6 Å². The highest BCUT2D eigenvalue weighted by molar-refractivity contribution is 6.04. The van der Waals surface area contributed by atoms with Gasteiger partial charge in [0.25, 0.3) is 11.8 Å². The first-order chi connectivity index (χ1) is 13.2. The molecule has 1 aromatic heterocycles. The molecule has 2 atom stereocenters. The number of hydrogen-bond acceptors (Lipinski definition) is 3. The smallest absolute Gasteiger partial charge is 0.255 e. The van der Waals surface area contributed by atoms with Crippen molar-refractivity contribution in [3.63, 3.8) is 0 Å². The third-order valence-corrected chi connectivity index (χ3v) is 5.84. The van der Waals surface area contributed by atoms with Gasteiger partial charge in [0.2, 0.25) is 0 Å². The summed E-state index contributed by atoms with van der Waals surface area (Å²) in [5.74, 6) is 0.617. The van der Waals surface area contributed by atoms with Gasteiger partial charge < -0.3 is 10.2 Å². The number of pyridine rings is 1. The SMILES string of the molecule is O=C(Nc1ccc(C(=O)N2CCC[C@@H]3CCCC[C@@H]32)cc1)c1ccncc1. The Morgan fingerprint density at radius 1 is 0.889 bits per heavy atom. The van der Waals surface area contributed by atoms with E-state index in [1.807, 2.05) is 12.1 Å².